The van der Waals surface area contributed by atoms with Gasteiger partial charge in [-0.15, -0.1) is 0 Å². The van der Waals surface area contributed by atoms with E-state index in [9.17, 15) is 0 Å². The third-order valence-electron chi connectivity index (χ3n) is 6.58. The summed E-state index contributed by atoms with van der Waals surface area (Å²) in [6, 6.07) is 8.24. The Bertz CT molecular complexity index is 1130. The smallest absolute Gasteiger partial charge is 0.159 e. The van der Waals surface area contributed by atoms with Gasteiger partial charge in [0.25, 0.3) is 0 Å². The van der Waals surface area contributed by atoms with Crippen LogP contribution in [0.2, 0.25) is 0 Å². The number of ether oxygens (including phenoxy) is 1. The van der Waals surface area contributed by atoms with Crippen LogP contribution in [0.1, 0.15) is 18.9 Å². The molecule has 2 aromatic heterocycles. The summed E-state index contributed by atoms with van der Waals surface area (Å²) in [5.41, 5.74) is 5.18. The van der Waals surface area contributed by atoms with Crippen molar-refractivity contribution in [3.05, 3.63) is 60.7 Å². The van der Waals surface area contributed by atoms with Gasteiger partial charge in [0.15, 0.2) is 5.82 Å². The fraction of sp³-hybridized carbons (Fsp3) is 0.407. The first kappa shape index (κ1) is 24.0. The highest BCUT2D eigenvalue weighted by molar-refractivity contribution is 6.09. The van der Waals surface area contributed by atoms with Crippen molar-refractivity contribution in [2.45, 2.75) is 13.3 Å². The van der Waals surface area contributed by atoms with E-state index < -0.39 is 0 Å². The summed E-state index contributed by atoms with van der Waals surface area (Å²) in [5, 5.41) is 7.77. The number of hydrogen-bond donors (Lipinski definition) is 1. The molecule has 1 N–H and O–H groups in total. The lowest BCUT2D eigenvalue weighted by molar-refractivity contribution is 0.0883. The number of aliphatic imine (C=N–C) groups is 1. The van der Waals surface area contributed by atoms with Gasteiger partial charge in [-0.1, -0.05) is 31.2 Å². The molecule has 0 radical (unpaired) electrons. The van der Waals surface area contributed by atoms with Gasteiger partial charge in [0.1, 0.15) is 0 Å². The first-order valence-corrected chi connectivity index (χ1v) is 11.8. The predicted octanol–water partition coefficient (Wildman–Crippen LogP) is 4.14. The van der Waals surface area contributed by atoms with Crippen molar-refractivity contribution < 1.29 is 4.74 Å². The summed E-state index contributed by atoms with van der Waals surface area (Å²) in [4.78, 5) is 13.7. The molecule has 0 aliphatic carbocycles. The summed E-state index contributed by atoms with van der Waals surface area (Å²) in [5.74, 6) is 2.17. The number of nitrogens with zero attached hydrogens (tertiary/aromatic N) is 5. The van der Waals surface area contributed by atoms with Gasteiger partial charge < -0.3 is 10.1 Å². The molecule has 1 fully saturated rings. The monoisotopic (exact) mass is 458 g/mol. The Balaban J connectivity index is 1.56. The maximum atomic E-state index is 5.48. The first-order valence-electron chi connectivity index (χ1n) is 11.8. The molecular formula is C27H34N6O. The third kappa shape index (κ3) is 5.66. The van der Waals surface area contributed by atoms with E-state index in [0.717, 1.165) is 53.9 Å². The summed E-state index contributed by atoms with van der Waals surface area (Å²) in [7, 11) is 5.51. The van der Waals surface area contributed by atoms with Gasteiger partial charge in [-0.3, -0.25) is 9.67 Å². The standard InChI is InChI=1S/C27H34N6O/c1-19(26-8-9-29-13-25(26)18-34-4)10-22(12-28-2)23-14-30-27(31-15-23)21-7-5-6-20(11-21)24-16-32-33(3)17-24/h5-7,10-12,14-17,19,25-26,29H,8-9,13,18H2,1-4H3. The second kappa shape index (κ2) is 11.3. The van der Waals surface area contributed by atoms with Crippen LogP contribution < -0.4 is 5.32 Å². The minimum absolute atomic E-state index is 0.395. The molecule has 1 saturated heterocycles. The van der Waals surface area contributed by atoms with E-state index in [2.05, 4.69) is 40.5 Å². The molecule has 1 aliphatic heterocycles. The molecule has 1 aromatic carbocycles. The second-order valence-electron chi connectivity index (χ2n) is 9.02. The van der Waals surface area contributed by atoms with Crippen molar-refractivity contribution >= 4 is 11.8 Å². The molecule has 1 aliphatic rings. The molecule has 4 rings (SSSR count). The second-order valence-corrected chi connectivity index (χ2v) is 9.02. The van der Waals surface area contributed by atoms with Crippen molar-refractivity contribution in [1.82, 2.24) is 25.1 Å². The van der Waals surface area contributed by atoms with E-state index in [1.54, 1.807) is 18.8 Å². The average molecular weight is 459 g/mol. The van der Waals surface area contributed by atoms with Crippen LogP contribution in [0.25, 0.3) is 28.1 Å². The number of piperidine rings is 1. The van der Waals surface area contributed by atoms with Gasteiger partial charge in [-0.25, -0.2) is 9.97 Å². The molecule has 7 heteroatoms. The topological polar surface area (TPSA) is 77.2 Å². The van der Waals surface area contributed by atoms with Gasteiger partial charge in [0.05, 0.1) is 12.8 Å². The molecule has 178 valence electrons. The normalized spacial score (nSPS) is 20.1. The molecule has 34 heavy (non-hydrogen) atoms. The summed E-state index contributed by atoms with van der Waals surface area (Å²) < 4.78 is 7.28. The van der Waals surface area contributed by atoms with E-state index >= 15 is 0 Å². The van der Waals surface area contributed by atoms with E-state index in [-0.39, 0.29) is 0 Å². The minimum atomic E-state index is 0.395. The van der Waals surface area contributed by atoms with Gasteiger partial charge in [-0.05, 0) is 47.9 Å². The number of nitrogens with one attached hydrogen (secondary N) is 1. The SMILES string of the molecule is CN=CC(=CC(C)C1CCNCC1COC)c1cnc(-c2cccc(-c3cnn(C)c3)c2)nc1. The Kier molecular flexibility index (Phi) is 7.98. The van der Waals surface area contributed by atoms with Crippen LogP contribution >= 0.6 is 0 Å². The van der Waals surface area contributed by atoms with Crippen LogP contribution in [0.4, 0.5) is 0 Å². The highest BCUT2D eigenvalue weighted by Gasteiger charge is 2.28. The number of aryl methyl sites for hydroxylation is 1. The Morgan fingerprint density at radius 2 is 2.03 bits per heavy atom. The summed E-state index contributed by atoms with van der Waals surface area (Å²) >= 11 is 0. The number of hydrogen-bond acceptors (Lipinski definition) is 6. The molecular weight excluding hydrogens is 424 g/mol. The maximum Gasteiger partial charge on any atom is 0.159 e. The van der Waals surface area contributed by atoms with Crippen molar-refractivity contribution in [3.63, 3.8) is 0 Å². The largest absolute Gasteiger partial charge is 0.384 e. The van der Waals surface area contributed by atoms with E-state index in [1.165, 1.54) is 0 Å². The van der Waals surface area contributed by atoms with Crippen LogP contribution in [0, 0.1) is 17.8 Å². The predicted molar refractivity (Wildman–Crippen MR) is 138 cm³/mol. The Hall–Kier alpha value is -3.16. The lowest BCUT2D eigenvalue weighted by Gasteiger charge is -2.35. The lowest BCUT2D eigenvalue weighted by atomic mass is 9.77. The molecule has 3 unspecified atom stereocenters. The average Bonchev–Trinajstić information content (AvgIpc) is 3.31. The van der Waals surface area contributed by atoms with Crippen molar-refractivity contribution in [3.8, 4) is 22.5 Å². The number of allylic oxidation sites excluding steroid dienone is 2. The molecule has 7 nitrogen and oxygen atoms in total. The number of rotatable bonds is 8. The maximum absolute atomic E-state index is 5.48. The molecule has 0 amide bonds. The van der Waals surface area contributed by atoms with E-state index in [4.69, 9.17) is 14.7 Å². The van der Waals surface area contributed by atoms with Crippen LogP contribution in [-0.4, -0.2) is 59.8 Å². The van der Waals surface area contributed by atoms with Gasteiger partial charge in [0, 0.05) is 69.2 Å². The van der Waals surface area contributed by atoms with Crippen molar-refractivity contribution in [2.24, 2.45) is 29.8 Å². The van der Waals surface area contributed by atoms with Gasteiger partial charge in [0.2, 0.25) is 0 Å². The lowest BCUT2D eigenvalue weighted by Crippen LogP contribution is -2.41. The fourth-order valence-electron chi connectivity index (χ4n) is 4.83. The number of benzene rings is 1. The summed E-state index contributed by atoms with van der Waals surface area (Å²) in [6.07, 6.45) is 13.0. The zero-order valence-electron chi connectivity index (χ0n) is 20.5. The minimum Gasteiger partial charge on any atom is -0.384 e. The highest BCUT2D eigenvalue weighted by Crippen LogP contribution is 2.30. The number of aromatic nitrogens is 4. The molecule has 3 atom stereocenters. The fourth-order valence-corrected chi connectivity index (χ4v) is 4.83. The van der Waals surface area contributed by atoms with Gasteiger partial charge >= 0.3 is 0 Å². The van der Waals surface area contributed by atoms with Crippen LogP contribution in [0.15, 0.2) is 60.1 Å². The van der Waals surface area contributed by atoms with Crippen molar-refractivity contribution in [1.29, 1.82) is 0 Å². The van der Waals surface area contributed by atoms with Crippen molar-refractivity contribution in [2.75, 3.05) is 33.9 Å². The Morgan fingerprint density at radius 3 is 2.74 bits per heavy atom. The molecule has 0 bridgehead atoms. The Morgan fingerprint density at radius 1 is 1.24 bits per heavy atom. The summed E-state index contributed by atoms with van der Waals surface area (Å²) in [6.45, 7) is 5.13. The van der Waals surface area contributed by atoms with E-state index in [1.807, 2.05) is 50.2 Å². The quantitative estimate of drug-likeness (QED) is 0.514. The van der Waals surface area contributed by atoms with Gasteiger partial charge in [-0.2, -0.15) is 5.10 Å². The molecule has 3 heterocycles. The molecule has 0 saturated carbocycles. The van der Waals surface area contributed by atoms with Crippen LogP contribution in [0.5, 0.6) is 0 Å². The number of methoxy groups -OCH3 is 1. The van der Waals surface area contributed by atoms with Crippen LogP contribution in [-0.2, 0) is 11.8 Å². The van der Waals surface area contributed by atoms with E-state index in [0.29, 0.717) is 23.6 Å². The Labute approximate surface area is 202 Å². The zero-order valence-corrected chi connectivity index (χ0v) is 20.5. The zero-order chi connectivity index (χ0) is 23.9. The molecule has 0 spiro atoms. The third-order valence-corrected chi connectivity index (χ3v) is 6.58. The van der Waals surface area contributed by atoms with Crippen LogP contribution in [0.3, 0.4) is 0 Å². The molecule has 3 aromatic rings. The first-order chi connectivity index (χ1) is 16.6. The highest BCUT2D eigenvalue weighted by atomic mass is 16.5.